The second-order valence-electron chi connectivity index (χ2n) is 13.4. The van der Waals surface area contributed by atoms with E-state index in [1.165, 1.54) is 21.7 Å². The largest absolute Gasteiger partial charge is 0.443 e. The molecular formula is C34H45N5O8S2. The van der Waals surface area contributed by atoms with E-state index in [4.69, 9.17) is 14.2 Å². The lowest BCUT2D eigenvalue weighted by Gasteiger charge is -2.31. The van der Waals surface area contributed by atoms with Crippen LogP contribution in [0.15, 0.2) is 53.4 Å². The van der Waals surface area contributed by atoms with E-state index in [1.807, 2.05) is 44.2 Å². The molecule has 3 saturated heterocycles. The highest BCUT2D eigenvalue weighted by Crippen LogP contribution is 2.33. The number of aliphatic hydroxyl groups is 1. The first kappa shape index (κ1) is 35.6. The Bertz CT molecular complexity index is 1700. The van der Waals surface area contributed by atoms with Gasteiger partial charge in [0.05, 0.1) is 52.9 Å². The third kappa shape index (κ3) is 8.95. The number of aliphatic hydroxyl groups excluding tert-OH is 1. The maximum absolute atomic E-state index is 14.2. The first-order valence-corrected chi connectivity index (χ1v) is 19.2. The van der Waals surface area contributed by atoms with Crippen LogP contribution in [-0.4, -0.2) is 110 Å². The average Bonchev–Trinajstić information content (AvgIpc) is 3.87. The molecule has 3 fully saturated rings. The fourth-order valence-electron chi connectivity index (χ4n) is 6.61. The molecule has 0 spiro atoms. The van der Waals surface area contributed by atoms with E-state index in [1.54, 1.807) is 12.1 Å². The second-order valence-corrected chi connectivity index (χ2v) is 16.3. The van der Waals surface area contributed by atoms with Crippen LogP contribution in [0.5, 0.6) is 0 Å². The van der Waals surface area contributed by atoms with Crippen LogP contribution in [0.1, 0.15) is 38.7 Å². The van der Waals surface area contributed by atoms with Gasteiger partial charge in [0.2, 0.25) is 15.9 Å². The number of hydrogen-bond donors (Lipinski definition) is 3. The van der Waals surface area contributed by atoms with Gasteiger partial charge in [-0.2, -0.15) is 4.31 Å². The number of nitrogens with zero attached hydrogens (tertiary/aromatic N) is 3. The number of carbonyl (C=O) groups is 2. The van der Waals surface area contributed by atoms with Crippen LogP contribution < -0.4 is 10.6 Å². The Morgan fingerprint density at radius 1 is 1.12 bits per heavy atom. The molecule has 15 heteroatoms. The van der Waals surface area contributed by atoms with Gasteiger partial charge >= 0.3 is 6.09 Å². The Balaban J connectivity index is 1.17. The molecule has 13 nitrogen and oxygen atoms in total. The zero-order chi connectivity index (χ0) is 34.5. The summed E-state index contributed by atoms with van der Waals surface area (Å²) in [6, 6.07) is 13.2. The Morgan fingerprint density at radius 2 is 1.90 bits per heavy atom. The first-order chi connectivity index (χ1) is 23.5. The van der Waals surface area contributed by atoms with Crippen molar-refractivity contribution in [1.29, 1.82) is 0 Å². The number of nitrogens with one attached hydrogen (secondary N) is 2. The molecule has 1 aromatic heterocycles. The number of alkyl carbamates (subject to hydrolysis) is 1. The Morgan fingerprint density at radius 3 is 2.65 bits per heavy atom. The van der Waals surface area contributed by atoms with Gasteiger partial charge in [0, 0.05) is 13.1 Å². The molecular weight excluding hydrogens is 671 g/mol. The second kappa shape index (κ2) is 15.8. The summed E-state index contributed by atoms with van der Waals surface area (Å²) < 4.78 is 47.0. The number of amides is 2. The van der Waals surface area contributed by atoms with Crippen molar-refractivity contribution in [3.05, 3.63) is 54.1 Å². The highest BCUT2D eigenvalue weighted by atomic mass is 32.2. The fourth-order valence-corrected chi connectivity index (χ4v) is 9.25. The van der Waals surface area contributed by atoms with Gasteiger partial charge in [0.15, 0.2) is 11.4 Å². The van der Waals surface area contributed by atoms with Crippen molar-refractivity contribution < 1.29 is 37.3 Å². The van der Waals surface area contributed by atoms with E-state index in [-0.39, 0.29) is 55.0 Å². The Hall–Kier alpha value is -3.18. The van der Waals surface area contributed by atoms with E-state index in [2.05, 4.69) is 20.5 Å². The molecule has 266 valence electrons. The number of carbonyl (C=O) groups excluding carboxylic acids is 2. The number of likely N-dealkylation sites (tertiary alicyclic amines) is 1. The van der Waals surface area contributed by atoms with E-state index >= 15 is 0 Å². The van der Waals surface area contributed by atoms with Gasteiger partial charge in [0.25, 0.3) is 0 Å². The highest BCUT2D eigenvalue weighted by molar-refractivity contribution is 7.89. The minimum atomic E-state index is -4.09. The number of hydrogen-bond acceptors (Lipinski definition) is 11. The minimum Gasteiger partial charge on any atom is -0.443 e. The zero-order valence-electron chi connectivity index (χ0n) is 27.8. The number of anilines is 1. The maximum atomic E-state index is 14.2. The number of fused-ring (bicyclic) bond motifs is 2. The van der Waals surface area contributed by atoms with Crippen molar-refractivity contribution in [3.63, 3.8) is 0 Å². The van der Waals surface area contributed by atoms with Gasteiger partial charge < -0.3 is 30.0 Å². The van der Waals surface area contributed by atoms with Crippen molar-refractivity contribution in [1.82, 2.24) is 19.5 Å². The van der Waals surface area contributed by atoms with Crippen LogP contribution in [0.25, 0.3) is 10.2 Å². The van der Waals surface area contributed by atoms with Gasteiger partial charge in [0.1, 0.15) is 6.10 Å². The number of benzene rings is 2. The van der Waals surface area contributed by atoms with Gasteiger partial charge in [-0.15, -0.1) is 0 Å². The predicted octanol–water partition coefficient (Wildman–Crippen LogP) is 3.44. The van der Waals surface area contributed by atoms with Gasteiger partial charge in [-0.3, -0.25) is 9.69 Å². The van der Waals surface area contributed by atoms with E-state index in [9.17, 15) is 23.1 Å². The highest BCUT2D eigenvalue weighted by Gasteiger charge is 2.44. The molecule has 2 aromatic carbocycles. The van der Waals surface area contributed by atoms with Crippen molar-refractivity contribution in [3.8, 4) is 0 Å². The third-order valence-corrected chi connectivity index (χ3v) is 11.8. The summed E-state index contributed by atoms with van der Waals surface area (Å²) >= 11 is 1.21. The van der Waals surface area contributed by atoms with Crippen molar-refractivity contribution in [2.24, 2.45) is 11.8 Å². The lowest BCUT2D eigenvalue weighted by molar-refractivity contribution is -0.117. The standard InChI is InChI=1S/C34H45N5O8S2/c1-22(2)18-39(49(43,44)24-10-11-26-30(17-24)48-33(35-26)37-31(41)20-38-13-6-7-14-38)19-28(40)27(16-23-8-4-3-5-9-23)36-34(42)47-29-21-46-32-25(29)12-15-45-32/h3-5,8-11,17,22,25,27-29,32,40H,6-7,12-16,18-21H2,1-2H3,(H,36,42)(H,35,37,41)/t25-,27-,28+,29-,32+/m0/s1. The van der Waals surface area contributed by atoms with Crippen LogP contribution >= 0.6 is 11.3 Å². The summed E-state index contributed by atoms with van der Waals surface area (Å²) in [6.07, 6.45) is 0.311. The van der Waals surface area contributed by atoms with Gasteiger partial charge in [-0.05, 0) is 68.5 Å². The molecule has 3 aliphatic heterocycles. The molecule has 0 bridgehead atoms. The molecule has 0 unspecified atom stereocenters. The van der Waals surface area contributed by atoms with Crippen LogP contribution in [0.3, 0.4) is 0 Å². The number of aromatic nitrogens is 1. The quantitative estimate of drug-likeness (QED) is 0.226. The lowest BCUT2D eigenvalue weighted by atomic mass is 10.0. The smallest absolute Gasteiger partial charge is 0.407 e. The van der Waals surface area contributed by atoms with Crippen LogP contribution in [0.4, 0.5) is 9.93 Å². The fraction of sp³-hybridized carbons (Fsp3) is 0.559. The van der Waals surface area contributed by atoms with Gasteiger partial charge in [-0.1, -0.05) is 55.5 Å². The van der Waals surface area contributed by atoms with Gasteiger partial charge in [-0.25, -0.2) is 18.2 Å². The van der Waals surface area contributed by atoms with Crippen molar-refractivity contribution in [2.45, 2.75) is 69.0 Å². The minimum absolute atomic E-state index is 0.0481. The van der Waals surface area contributed by atoms with Crippen molar-refractivity contribution in [2.75, 3.05) is 51.3 Å². The maximum Gasteiger partial charge on any atom is 0.407 e. The molecule has 3 N–H and O–H groups in total. The number of ether oxygens (including phenoxy) is 3. The van der Waals surface area contributed by atoms with E-state index < -0.39 is 34.4 Å². The molecule has 3 aliphatic rings. The zero-order valence-corrected chi connectivity index (χ0v) is 29.5. The van der Waals surface area contributed by atoms with Crippen LogP contribution in [0, 0.1) is 11.8 Å². The SMILES string of the molecule is CC(C)CN(C[C@@H](O)[C@H](Cc1ccccc1)NC(=O)O[C@H]1CO[C@H]2OCC[C@H]21)S(=O)(=O)c1ccc2nc(NC(=O)CN3CCCC3)sc2c1. The predicted molar refractivity (Wildman–Crippen MR) is 185 cm³/mol. The monoisotopic (exact) mass is 715 g/mol. The molecule has 0 aliphatic carbocycles. The number of sulfonamides is 1. The molecule has 3 aromatic rings. The summed E-state index contributed by atoms with van der Waals surface area (Å²) in [5.74, 6) is -0.254. The molecule has 5 atom stereocenters. The molecule has 4 heterocycles. The topological polar surface area (TPSA) is 160 Å². The summed E-state index contributed by atoms with van der Waals surface area (Å²) in [4.78, 5) is 32.4. The molecule has 0 saturated carbocycles. The first-order valence-electron chi connectivity index (χ1n) is 16.9. The lowest BCUT2D eigenvalue weighted by Crippen LogP contribution is -2.51. The molecule has 49 heavy (non-hydrogen) atoms. The summed E-state index contributed by atoms with van der Waals surface area (Å²) in [6.45, 7) is 6.55. The summed E-state index contributed by atoms with van der Waals surface area (Å²) in [5, 5.41) is 17.7. The summed E-state index contributed by atoms with van der Waals surface area (Å²) in [5.41, 5.74) is 1.43. The average molecular weight is 716 g/mol. The number of rotatable bonds is 14. The normalized spacial score (nSPS) is 22.4. The van der Waals surface area contributed by atoms with E-state index in [0.29, 0.717) is 28.5 Å². The Labute approximate surface area is 291 Å². The third-order valence-electron chi connectivity index (χ3n) is 9.08. The molecule has 2 amide bonds. The summed E-state index contributed by atoms with van der Waals surface area (Å²) in [7, 11) is -4.09. The number of thiazole rings is 1. The van der Waals surface area contributed by atoms with Crippen LogP contribution in [-0.2, 0) is 35.4 Å². The molecule has 6 rings (SSSR count). The molecule has 0 radical (unpaired) electrons. The van der Waals surface area contributed by atoms with Crippen LogP contribution in [0.2, 0.25) is 0 Å². The Kier molecular flexibility index (Phi) is 11.5. The van der Waals surface area contributed by atoms with Crippen molar-refractivity contribution >= 4 is 48.7 Å². The van der Waals surface area contributed by atoms with E-state index in [0.717, 1.165) is 37.9 Å².